The predicted octanol–water partition coefficient (Wildman–Crippen LogP) is 1.99. The lowest BCUT2D eigenvalue weighted by molar-refractivity contribution is -0.0976. The van der Waals surface area contributed by atoms with Crippen LogP contribution in [0.1, 0.15) is 0 Å². The number of rotatable bonds is 10. The number of aliphatic hydroxyl groups is 4. The summed E-state index contributed by atoms with van der Waals surface area (Å²) in [7, 11) is 3.47. The van der Waals surface area contributed by atoms with E-state index in [4.69, 9.17) is 5.11 Å². The van der Waals surface area contributed by atoms with E-state index in [-0.39, 0.29) is 6.54 Å². The highest BCUT2D eigenvalue weighted by Crippen LogP contribution is 2.23. The number of anilines is 2. The third kappa shape index (κ3) is 6.47. The zero-order valence-electron chi connectivity index (χ0n) is 16.4. The molecule has 0 saturated carbocycles. The van der Waals surface area contributed by atoms with Crippen LogP contribution >= 0.6 is 0 Å². The Morgan fingerprint density at radius 3 is 1.93 bits per heavy atom. The van der Waals surface area contributed by atoms with Crippen molar-refractivity contribution in [1.29, 1.82) is 0 Å². The molecule has 158 valence electrons. The molecule has 0 aromatic heterocycles. The van der Waals surface area contributed by atoms with E-state index in [1.54, 1.807) is 36.2 Å². The molecule has 0 aliphatic carbocycles. The zero-order chi connectivity index (χ0) is 21.4. The second-order valence-electron chi connectivity index (χ2n) is 6.64. The molecule has 0 heterocycles. The summed E-state index contributed by atoms with van der Waals surface area (Å²) in [6.07, 6.45) is -7.01. The van der Waals surface area contributed by atoms with Gasteiger partial charge in [-0.25, -0.2) is 4.39 Å². The summed E-state index contributed by atoms with van der Waals surface area (Å²) < 4.78 is 14.2. The quantitative estimate of drug-likeness (QED) is 0.385. The molecule has 29 heavy (non-hydrogen) atoms. The topological polar surface area (TPSA) is 121 Å². The molecule has 2 rings (SSSR count). The van der Waals surface area contributed by atoms with E-state index in [1.807, 2.05) is 31.3 Å². The number of aliphatic hydroxyl groups excluding tert-OH is 4. The summed E-state index contributed by atoms with van der Waals surface area (Å²) in [5.74, 6) is 0. The maximum Gasteiger partial charge on any atom is 0.146 e. The van der Waals surface area contributed by atoms with Crippen molar-refractivity contribution < 1.29 is 24.8 Å². The largest absolute Gasteiger partial charge is 0.394 e. The smallest absolute Gasteiger partial charge is 0.146 e. The van der Waals surface area contributed by atoms with Gasteiger partial charge in [-0.2, -0.15) is 10.2 Å². The predicted molar refractivity (Wildman–Crippen MR) is 110 cm³/mol. The fourth-order valence-corrected chi connectivity index (χ4v) is 2.61. The zero-order valence-corrected chi connectivity index (χ0v) is 16.4. The SMILES string of the molecule is CNc1ccc(N=Nc2ccc(N(C)CC(F)C(O)C(O)C(O)CO)cc2)cc1. The van der Waals surface area contributed by atoms with Gasteiger partial charge in [-0.15, -0.1) is 0 Å². The lowest BCUT2D eigenvalue weighted by Crippen LogP contribution is -2.47. The molecule has 5 N–H and O–H groups in total. The fourth-order valence-electron chi connectivity index (χ4n) is 2.61. The van der Waals surface area contributed by atoms with E-state index in [0.29, 0.717) is 17.1 Å². The second-order valence-corrected chi connectivity index (χ2v) is 6.64. The van der Waals surface area contributed by atoms with E-state index in [0.717, 1.165) is 5.69 Å². The molecular weight excluding hydrogens is 379 g/mol. The molecule has 4 unspecified atom stereocenters. The molecule has 8 nitrogen and oxygen atoms in total. The highest BCUT2D eigenvalue weighted by Gasteiger charge is 2.31. The molecule has 0 aliphatic heterocycles. The first-order valence-corrected chi connectivity index (χ1v) is 9.15. The normalized spacial score (nSPS) is 15.7. The molecule has 0 bridgehead atoms. The number of hydrogen-bond donors (Lipinski definition) is 5. The summed E-state index contributed by atoms with van der Waals surface area (Å²) in [6, 6.07) is 14.4. The van der Waals surface area contributed by atoms with Gasteiger partial charge in [-0.1, -0.05) is 0 Å². The van der Waals surface area contributed by atoms with Crippen LogP contribution in [0, 0.1) is 0 Å². The standard InChI is InChI=1S/C20H27FN4O4/c1-22-13-3-5-14(6-4-13)23-24-15-7-9-16(10-8-15)25(2)11-17(21)19(28)20(29)18(27)12-26/h3-10,17-20,22,26-29H,11-12H2,1-2H3. The summed E-state index contributed by atoms with van der Waals surface area (Å²) >= 11 is 0. The van der Waals surface area contributed by atoms with Gasteiger partial charge in [0.05, 0.1) is 24.5 Å². The molecule has 0 amide bonds. The Hall–Kier alpha value is -2.59. The number of hydrogen-bond acceptors (Lipinski definition) is 8. The number of benzene rings is 2. The number of nitrogens with zero attached hydrogens (tertiary/aromatic N) is 3. The Bertz CT molecular complexity index is 773. The molecule has 0 aliphatic rings. The van der Waals surface area contributed by atoms with Crippen LogP contribution in [0.2, 0.25) is 0 Å². The molecule has 0 saturated heterocycles. The van der Waals surface area contributed by atoms with Gasteiger partial charge in [0.1, 0.15) is 24.5 Å². The number of azo groups is 1. The Morgan fingerprint density at radius 1 is 0.931 bits per heavy atom. The first-order valence-electron chi connectivity index (χ1n) is 9.15. The van der Waals surface area contributed by atoms with Crippen molar-refractivity contribution in [2.75, 3.05) is 37.5 Å². The van der Waals surface area contributed by atoms with Crippen molar-refractivity contribution in [2.24, 2.45) is 10.2 Å². The van der Waals surface area contributed by atoms with Crippen LogP contribution < -0.4 is 10.2 Å². The van der Waals surface area contributed by atoms with Crippen molar-refractivity contribution in [1.82, 2.24) is 0 Å². The van der Waals surface area contributed by atoms with Gasteiger partial charge >= 0.3 is 0 Å². The summed E-state index contributed by atoms with van der Waals surface area (Å²) in [5, 5.41) is 48.9. The van der Waals surface area contributed by atoms with Crippen LogP contribution in [0.5, 0.6) is 0 Å². The van der Waals surface area contributed by atoms with E-state index in [2.05, 4.69) is 15.5 Å². The van der Waals surface area contributed by atoms with Crippen molar-refractivity contribution >= 4 is 22.7 Å². The highest BCUT2D eigenvalue weighted by molar-refractivity contribution is 5.53. The van der Waals surface area contributed by atoms with Gasteiger partial charge in [0.15, 0.2) is 0 Å². The van der Waals surface area contributed by atoms with Gasteiger partial charge < -0.3 is 30.6 Å². The number of halogens is 1. The maximum atomic E-state index is 14.2. The number of nitrogens with one attached hydrogen (secondary N) is 1. The minimum atomic E-state index is -1.82. The van der Waals surface area contributed by atoms with E-state index < -0.39 is 31.1 Å². The van der Waals surface area contributed by atoms with Crippen LogP contribution in [-0.4, -0.2) is 72.2 Å². The van der Waals surface area contributed by atoms with Gasteiger partial charge in [-0.3, -0.25) is 0 Å². The Labute approximate surface area is 169 Å². The third-order valence-corrected chi connectivity index (χ3v) is 4.48. The Balaban J connectivity index is 1.95. The van der Waals surface area contributed by atoms with Crippen molar-refractivity contribution in [2.45, 2.75) is 24.5 Å². The van der Waals surface area contributed by atoms with Crippen molar-refractivity contribution in [3.8, 4) is 0 Å². The van der Waals surface area contributed by atoms with Gasteiger partial charge in [-0.05, 0) is 48.5 Å². The molecule has 0 fully saturated rings. The first-order chi connectivity index (χ1) is 13.8. The first kappa shape index (κ1) is 22.7. The van der Waals surface area contributed by atoms with Crippen LogP contribution in [0.15, 0.2) is 58.8 Å². The monoisotopic (exact) mass is 406 g/mol. The molecule has 0 radical (unpaired) electrons. The van der Waals surface area contributed by atoms with Gasteiger partial charge in [0.2, 0.25) is 0 Å². The minimum absolute atomic E-state index is 0.213. The maximum absolute atomic E-state index is 14.2. The van der Waals surface area contributed by atoms with E-state index >= 15 is 0 Å². The van der Waals surface area contributed by atoms with E-state index in [9.17, 15) is 19.7 Å². The van der Waals surface area contributed by atoms with Crippen LogP contribution in [-0.2, 0) is 0 Å². The van der Waals surface area contributed by atoms with Crippen LogP contribution in [0.25, 0.3) is 0 Å². The lowest BCUT2D eigenvalue weighted by Gasteiger charge is -2.28. The molecule has 9 heteroatoms. The highest BCUT2D eigenvalue weighted by atomic mass is 19.1. The molecule has 0 spiro atoms. The second kappa shape index (κ2) is 10.8. The Kier molecular flexibility index (Phi) is 8.47. The minimum Gasteiger partial charge on any atom is -0.394 e. The summed E-state index contributed by atoms with van der Waals surface area (Å²) in [6.45, 7) is -0.981. The number of alkyl halides is 1. The van der Waals surface area contributed by atoms with Crippen molar-refractivity contribution in [3.63, 3.8) is 0 Å². The third-order valence-electron chi connectivity index (χ3n) is 4.48. The Morgan fingerprint density at radius 2 is 1.45 bits per heavy atom. The van der Waals surface area contributed by atoms with Crippen LogP contribution in [0.4, 0.5) is 27.1 Å². The average molecular weight is 406 g/mol. The molecule has 2 aromatic carbocycles. The molecule has 4 atom stereocenters. The summed E-state index contributed by atoms with van der Waals surface area (Å²) in [4.78, 5) is 1.56. The average Bonchev–Trinajstić information content (AvgIpc) is 2.76. The van der Waals surface area contributed by atoms with Crippen molar-refractivity contribution in [3.05, 3.63) is 48.5 Å². The lowest BCUT2D eigenvalue weighted by atomic mass is 10.0. The fraction of sp³-hybridized carbons (Fsp3) is 0.400. The van der Waals surface area contributed by atoms with Crippen LogP contribution in [0.3, 0.4) is 0 Å². The van der Waals surface area contributed by atoms with E-state index in [1.165, 1.54) is 0 Å². The summed E-state index contributed by atoms with van der Waals surface area (Å²) in [5.41, 5.74) is 2.99. The molecular formula is C20H27FN4O4. The molecule has 2 aromatic rings. The van der Waals surface area contributed by atoms with Gasteiger partial charge in [0, 0.05) is 25.5 Å². The van der Waals surface area contributed by atoms with Gasteiger partial charge in [0.25, 0.3) is 0 Å².